The number of aliphatic imine (C=N–C) groups is 1. The second kappa shape index (κ2) is 4.91. The van der Waals surface area contributed by atoms with Crippen molar-refractivity contribution in [3.05, 3.63) is 0 Å². The highest BCUT2D eigenvalue weighted by molar-refractivity contribution is 8.13. The number of fused-ring (bicyclic) bond motifs is 3. The molecule has 2 nitrogen and oxygen atoms in total. The lowest BCUT2D eigenvalue weighted by molar-refractivity contribution is 0.142. The highest BCUT2D eigenvalue weighted by Gasteiger charge is 2.59. The first-order valence-electron chi connectivity index (χ1n) is 8.96. The molecule has 4 fully saturated rings. The predicted octanol–water partition coefficient (Wildman–Crippen LogP) is 4.45. The van der Waals surface area contributed by atoms with Crippen molar-refractivity contribution < 1.29 is 0 Å². The van der Waals surface area contributed by atoms with Crippen LogP contribution in [-0.4, -0.2) is 23.0 Å². The second-order valence-electron chi connectivity index (χ2n) is 8.86. The standard InChI is InChI=1S/C18H30N2S/c1-17(2)13-8-9-18(3,10-13)15(17)20-16-19-14-7-5-4-6-12(14)11-21-16/h12-15H,4-11H2,1-3H3,(H,19,20). The Labute approximate surface area is 133 Å². The molecular formula is C18H30N2S. The van der Waals surface area contributed by atoms with Crippen LogP contribution in [0.25, 0.3) is 0 Å². The maximum absolute atomic E-state index is 5.30. The summed E-state index contributed by atoms with van der Waals surface area (Å²) < 4.78 is 0. The molecule has 0 aromatic carbocycles. The number of nitrogens with one attached hydrogen (secondary N) is 1. The van der Waals surface area contributed by atoms with Gasteiger partial charge in [-0.3, -0.25) is 4.99 Å². The van der Waals surface area contributed by atoms with E-state index < -0.39 is 0 Å². The number of amidine groups is 1. The number of nitrogens with zero attached hydrogens (tertiary/aromatic N) is 1. The molecule has 0 aromatic rings. The number of thioether (sulfide) groups is 1. The molecule has 0 radical (unpaired) electrons. The average Bonchev–Trinajstić information content (AvgIpc) is 2.95. The van der Waals surface area contributed by atoms with Crippen LogP contribution < -0.4 is 5.32 Å². The maximum Gasteiger partial charge on any atom is 0.157 e. The van der Waals surface area contributed by atoms with Crippen molar-refractivity contribution in [2.45, 2.75) is 77.8 Å². The van der Waals surface area contributed by atoms with Gasteiger partial charge in [0.15, 0.2) is 5.17 Å². The third-order valence-corrected chi connectivity index (χ3v) is 8.18. The molecule has 5 unspecified atom stereocenters. The first-order chi connectivity index (χ1) is 9.99. The molecule has 1 aliphatic heterocycles. The fourth-order valence-corrected chi connectivity index (χ4v) is 6.96. The summed E-state index contributed by atoms with van der Waals surface area (Å²) in [7, 11) is 0. The SMILES string of the molecule is CC12CCC(C1)C(C)(C)C2N=C1NC2CCCCC2CS1. The van der Waals surface area contributed by atoms with Gasteiger partial charge in [0.05, 0.1) is 6.04 Å². The highest BCUT2D eigenvalue weighted by atomic mass is 32.2. The molecule has 1 heterocycles. The Balaban J connectivity index is 1.54. The third kappa shape index (κ3) is 2.26. The van der Waals surface area contributed by atoms with Crippen LogP contribution in [0.5, 0.6) is 0 Å². The lowest BCUT2D eigenvalue weighted by atomic mass is 9.69. The molecule has 118 valence electrons. The van der Waals surface area contributed by atoms with E-state index in [-0.39, 0.29) is 0 Å². The van der Waals surface area contributed by atoms with Crippen molar-refractivity contribution >= 4 is 16.9 Å². The molecule has 1 saturated heterocycles. The molecule has 3 saturated carbocycles. The van der Waals surface area contributed by atoms with Gasteiger partial charge in [0.1, 0.15) is 0 Å². The van der Waals surface area contributed by atoms with Gasteiger partial charge in [0, 0.05) is 11.8 Å². The van der Waals surface area contributed by atoms with Gasteiger partial charge in [-0.05, 0) is 54.8 Å². The fourth-order valence-electron chi connectivity index (χ4n) is 5.77. The quantitative estimate of drug-likeness (QED) is 0.774. The Bertz CT molecular complexity index is 453. The first-order valence-corrected chi connectivity index (χ1v) is 9.95. The van der Waals surface area contributed by atoms with Gasteiger partial charge in [-0.25, -0.2) is 0 Å². The minimum atomic E-state index is 0.394. The van der Waals surface area contributed by atoms with Crippen molar-refractivity contribution in [3.63, 3.8) is 0 Å². The molecule has 0 aromatic heterocycles. The van der Waals surface area contributed by atoms with E-state index in [2.05, 4.69) is 26.1 Å². The fraction of sp³-hybridized carbons (Fsp3) is 0.944. The first kappa shape index (κ1) is 14.4. The minimum absolute atomic E-state index is 0.394. The Morgan fingerprint density at radius 1 is 1.14 bits per heavy atom. The van der Waals surface area contributed by atoms with E-state index in [0.29, 0.717) is 22.9 Å². The summed E-state index contributed by atoms with van der Waals surface area (Å²) >= 11 is 2.00. The van der Waals surface area contributed by atoms with Gasteiger partial charge in [0.2, 0.25) is 0 Å². The van der Waals surface area contributed by atoms with Gasteiger partial charge in [-0.1, -0.05) is 45.4 Å². The summed E-state index contributed by atoms with van der Waals surface area (Å²) in [5, 5.41) is 5.08. The Morgan fingerprint density at radius 3 is 2.71 bits per heavy atom. The minimum Gasteiger partial charge on any atom is -0.362 e. The third-order valence-electron chi connectivity index (χ3n) is 7.09. The second-order valence-corrected chi connectivity index (χ2v) is 9.87. The largest absolute Gasteiger partial charge is 0.362 e. The van der Waals surface area contributed by atoms with Gasteiger partial charge < -0.3 is 5.32 Å². The molecule has 3 aliphatic carbocycles. The lowest BCUT2D eigenvalue weighted by Gasteiger charge is -2.42. The molecular weight excluding hydrogens is 276 g/mol. The average molecular weight is 307 g/mol. The monoisotopic (exact) mass is 306 g/mol. The van der Waals surface area contributed by atoms with E-state index >= 15 is 0 Å². The van der Waals surface area contributed by atoms with E-state index in [0.717, 1.165) is 11.8 Å². The number of rotatable bonds is 1. The lowest BCUT2D eigenvalue weighted by Crippen LogP contribution is -2.48. The number of hydrogen-bond donors (Lipinski definition) is 1. The van der Waals surface area contributed by atoms with Gasteiger partial charge in [-0.2, -0.15) is 0 Å². The van der Waals surface area contributed by atoms with Gasteiger partial charge in [-0.15, -0.1) is 0 Å². The van der Waals surface area contributed by atoms with E-state index in [1.165, 1.54) is 55.9 Å². The Kier molecular flexibility index (Phi) is 3.37. The van der Waals surface area contributed by atoms with Crippen LogP contribution in [0.2, 0.25) is 0 Å². The van der Waals surface area contributed by atoms with E-state index in [1.54, 1.807) is 0 Å². The summed E-state index contributed by atoms with van der Waals surface area (Å²) in [5.74, 6) is 3.09. The van der Waals surface area contributed by atoms with Crippen molar-refractivity contribution in [2.24, 2.45) is 27.7 Å². The van der Waals surface area contributed by atoms with Crippen LogP contribution in [0.15, 0.2) is 4.99 Å². The molecule has 4 rings (SSSR count). The van der Waals surface area contributed by atoms with Crippen LogP contribution in [0.1, 0.15) is 65.7 Å². The van der Waals surface area contributed by atoms with Crippen LogP contribution in [0, 0.1) is 22.7 Å². The van der Waals surface area contributed by atoms with Gasteiger partial charge in [0.25, 0.3) is 0 Å². The molecule has 5 atom stereocenters. The molecule has 3 heteroatoms. The predicted molar refractivity (Wildman–Crippen MR) is 91.8 cm³/mol. The molecule has 0 amide bonds. The Hall–Kier alpha value is -0.180. The van der Waals surface area contributed by atoms with Crippen molar-refractivity contribution in [3.8, 4) is 0 Å². The van der Waals surface area contributed by atoms with Crippen molar-refractivity contribution in [1.82, 2.24) is 5.32 Å². The maximum atomic E-state index is 5.30. The van der Waals surface area contributed by atoms with Crippen LogP contribution in [0.4, 0.5) is 0 Å². The zero-order valence-corrected chi connectivity index (χ0v) is 14.6. The summed E-state index contributed by atoms with van der Waals surface area (Å²) in [4.78, 5) is 5.30. The molecule has 21 heavy (non-hydrogen) atoms. The van der Waals surface area contributed by atoms with E-state index in [9.17, 15) is 0 Å². The van der Waals surface area contributed by atoms with Crippen LogP contribution in [-0.2, 0) is 0 Å². The molecule has 0 spiro atoms. The summed E-state index contributed by atoms with van der Waals surface area (Å²) in [5.41, 5.74) is 0.860. The smallest absolute Gasteiger partial charge is 0.157 e. The molecule has 1 N–H and O–H groups in total. The topological polar surface area (TPSA) is 24.4 Å². The number of hydrogen-bond acceptors (Lipinski definition) is 2. The van der Waals surface area contributed by atoms with Crippen molar-refractivity contribution in [1.29, 1.82) is 0 Å². The van der Waals surface area contributed by atoms with Gasteiger partial charge >= 0.3 is 0 Å². The molecule has 2 bridgehead atoms. The Morgan fingerprint density at radius 2 is 1.95 bits per heavy atom. The summed E-state index contributed by atoms with van der Waals surface area (Å²) in [6.45, 7) is 7.43. The summed E-state index contributed by atoms with van der Waals surface area (Å²) in [6, 6.07) is 1.24. The zero-order chi connectivity index (χ0) is 14.7. The normalized spacial score (nSPS) is 50.0. The van der Waals surface area contributed by atoms with Crippen LogP contribution >= 0.6 is 11.8 Å². The summed E-state index contributed by atoms with van der Waals surface area (Å²) in [6.07, 6.45) is 9.84. The van der Waals surface area contributed by atoms with E-state index in [1.807, 2.05) is 11.8 Å². The van der Waals surface area contributed by atoms with E-state index in [4.69, 9.17) is 4.99 Å². The highest BCUT2D eigenvalue weighted by Crippen LogP contribution is 2.63. The van der Waals surface area contributed by atoms with Crippen LogP contribution in [0.3, 0.4) is 0 Å². The van der Waals surface area contributed by atoms with Crippen molar-refractivity contribution in [2.75, 3.05) is 5.75 Å². The zero-order valence-electron chi connectivity index (χ0n) is 13.8. The molecule has 4 aliphatic rings.